The minimum atomic E-state index is -1.20. The summed E-state index contributed by atoms with van der Waals surface area (Å²) in [6.45, 7) is 2.95. The van der Waals surface area contributed by atoms with Gasteiger partial charge < -0.3 is 9.47 Å². The van der Waals surface area contributed by atoms with Gasteiger partial charge in [-0.25, -0.2) is 9.18 Å². The molecular formula is C30H30F2O3. The van der Waals surface area contributed by atoms with Crippen molar-refractivity contribution >= 4 is 5.97 Å². The Kier molecular flexibility index (Phi) is 10.3. The van der Waals surface area contributed by atoms with Crippen LogP contribution in [0.1, 0.15) is 73.4 Å². The highest BCUT2D eigenvalue weighted by Crippen LogP contribution is 2.20. The van der Waals surface area contributed by atoms with E-state index < -0.39 is 23.4 Å². The van der Waals surface area contributed by atoms with Gasteiger partial charge in [-0.2, -0.15) is 4.39 Å². The fourth-order valence-corrected chi connectivity index (χ4v) is 3.44. The Balaban J connectivity index is 1.46. The highest BCUT2D eigenvalue weighted by Gasteiger charge is 2.14. The van der Waals surface area contributed by atoms with Crippen LogP contribution in [-0.2, 0) is 0 Å². The predicted octanol–water partition coefficient (Wildman–Crippen LogP) is 7.71. The molecule has 0 saturated heterocycles. The van der Waals surface area contributed by atoms with E-state index in [1.807, 2.05) is 24.3 Å². The number of hydrogen-bond donors (Lipinski definition) is 0. The van der Waals surface area contributed by atoms with Gasteiger partial charge in [-0.3, -0.25) is 0 Å². The molecule has 182 valence electrons. The molecule has 0 radical (unpaired) electrons. The van der Waals surface area contributed by atoms with Crippen LogP contribution in [0.5, 0.6) is 11.5 Å². The van der Waals surface area contributed by atoms with Crippen molar-refractivity contribution in [2.75, 3.05) is 6.61 Å². The minimum absolute atomic E-state index is 0.210. The lowest BCUT2D eigenvalue weighted by atomic mass is 10.1. The molecule has 3 aromatic rings. The Labute approximate surface area is 206 Å². The van der Waals surface area contributed by atoms with E-state index >= 15 is 0 Å². The molecule has 35 heavy (non-hydrogen) atoms. The van der Waals surface area contributed by atoms with Crippen LogP contribution < -0.4 is 9.47 Å². The van der Waals surface area contributed by atoms with Gasteiger partial charge in [0.1, 0.15) is 5.75 Å². The van der Waals surface area contributed by atoms with E-state index in [0.29, 0.717) is 5.56 Å². The zero-order chi connectivity index (χ0) is 24.9. The molecule has 0 spiro atoms. The number of ether oxygens (including phenoxy) is 2. The van der Waals surface area contributed by atoms with E-state index in [-0.39, 0.29) is 5.56 Å². The van der Waals surface area contributed by atoms with Crippen LogP contribution in [0.25, 0.3) is 0 Å². The SMILES string of the molecule is CCCCCCCCCOc1ccc(C#Cc2ccc(C(=O)Oc3cccc(F)c3F)cc2)cc1. The molecule has 0 aliphatic rings. The first-order valence-electron chi connectivity index (χ1n) is 12.1. The molecule has 3 aromatic carbocycles. The molecule has 0 aromatic heterocycles. The number of halogens is 2. The second-order valence-corrected chi connectivity index (χ2v) is 8.26. The minimum Gasteiger partial charge on any atom is -0.494 e. The number of hydrogen-bond acceptors (Lipinski definition) is 3. The van der Waals surface area contributed by atoms with Gasteiger partial charge in [0, 0.05) is 11.1 Å². The molecule has 0 amide bonds. The number of esters is 1. The van der Waals surface area contributed by atoms with Crippen LogP contribution in [0.2, 0.25) is 0 Å². The van der Waals surface area contributed by atoms with Gasteiger partial charge in [0.05, 0.1) is 12.2 Å². The van der Waals surface area contributed by atoms with Crippen molar-refractivity contribution in [1.29, 1.82) is 0 Å². The molecule has 0 fully saturated rings. The van der Waals surface area contributed by atoms with Crippen molar-refractivity contribution in [3.05, 3.63) is 95.1 Å². The van der Waals surface area contributed by atoms with Crippen molar-refractivity contribution in [2.45, 2.75) is 51.9 Å². The van der Waals surface area contributed by atoms with E-state index in [1.165, 1.54) is 62.8 Å². The van der Waals surface area contributed by atoms with Crippen LogP contribution in [-0.4, -0.2) is 12.6 Å². The van der Waals surface area contributed by atoms with Crippen LogP contribution in [0, 0.1) is 23.5 Å². The Morgan fingerprint density at radius 3 is 2.03 bits per heavy atom. The van der Waals surface area contributed by atoms with Crippen LogP contribution in [0.3, 0.4) is 0 Å². The Hall–Kier alpha value is -3.65. The lowest BCUT2D eigenvalue weighted by Gasteiger charge is -2.06. The third kappa shape index (κ3) is 8.57. The second-order valence-electron chi connectivity index (χ2n) is 8.26. The molecule has 0 aliphatic heterocycles. The van der Waals surface area contributed by atoms with Gasteiger partial charge in [-0.1, -0.05) is 63.4 Å². The van der Waals surface area contributed by atoms with E-state index in [2.05, 4.69) is 18.8 Å². The number of unbranched alkanes of at least 4 members (excludes halogenated alkanes) is 6. The molecule has 3 rings (SSSR count). The molecule has 0 unspecified atom stereocenters. The van der Waals surface area contributed by atoms with E-state index in [9.17, 15) is 13.6 Å². The maximum absolute atomic E-state index is 13.7. The molecule has 0 saturated carbocycles. The van der Waals surface area contributed by atoms with Gasteiger partial charge in [0.2, 0.25) is 5.82 Å². The molecule has 0 heterocycles. The smallest absolute Gasteiger partial charge is 0.343 e. The first-order valence-corrected chi connectivity index (χ1v) is 12.1. The fourth-order valence-electron chi connectivity index (χ4n) is 3.44. The van der Waals surface area contributed by atoms with Gasteiger partial charge in [-0.15, -0.1) is 0 Å². The fraction of sp³-hybridized carbons (Fsp3) is 0.300. The molecule has 5 heteroatoms. The van der Waals surface area contributed by atoms with Gasteiger partial charge in [-0.05, 0) is 67.1 Å². The average Bonchev–Trinajstić information content (AvgIpc) is 2.88. The van der Waals surface area contributed by atoms with E-state index in [0.717, 1.165) is 30.4 Å². The molecule has 0 N–H and O–H groups in total. The molecular weight excluding hydrogens is 446 g/mol. The zero-order valence-corrected chi connectivity index (χ0v) is 20.0. The number of rotatable bonds is 11. The second kappa shape index (κ2) is 13.9. The summed E-state index contributed by atoms with van der Waals surface area (Å²) in [4.78, 5) is 12.2. The molecule has 0 bridgehead atoms. The Morgan fingerprint density at radius 2 is 1.37 bits per heavy atom. The Bertz CT molecular complexity index is 1140. The maximum Gasteiger partial charge on any atom is 0.343 e. The third-order valence-electron chi connectivity index (χ3n) is 5.46. The lowest BCUT2D eigenvalue weighted by Crippen LogP contribution is -2.09. The van der Waals surface area contributed by atoms with Crippen molar-refractivity contribution in [3.8, 4) is 23.3 Å². The molecule has 0 aliphatic carbocycles. The quantitative estimate of drug-likeness (QED) is 0.123. The summed E-state index contributed by atoms with van der Waals surface area (Å²) in [6.07, 6.45) is 8.77. The van der Waals surface area contributed by atoms with Crippen molar-refractivity contribution in [2.24, 2.45) is 0 Å². The van der Waals surface area contributed by atoms with Crippen LogP contribution in [0.4, 0.5) is 8.78 Å². The van der Waals surface area contributed by atoms with E-state index in [1.54, 1.807) is 12.1 Å². The first kappa shape index (κ1) is 26.0. The highest BCUT2D eigenvalue weighted by atomic mass is 19.2. The average molecular weight is 477 g/mol. The number of benzene rings is 3. The van der Waals surface area contributed by atoms with Crippen LogP contribution in [0.15, 0.2) is 66.7 Å². The number of carbonyl (C=O) groups excluding carboxylic acids is 1. The van der Waals surface area contributed by atoms with Gasteiger partial charge in [0.25, 0.3) is 0 Å². The van der Waals surface area contributed by atoms with Crippen molar-refractivity contribution in [1.82, 2.24) is 0 Å². The topological polar surface area (TPSA) is 35.5 Å². The summed E-state index contributed by atoms with van der Waals surface area (Å²) in [5.74, 6) is 3.45. The molecule has 0 atom stereocenters. The normalized spacial score (nSPS) is 10.4. The summed E-state index contributed by atoms with van der Waals surface area (Å²) in [5, 5.41) is 0. The summed E-state index contributed by atoms with van der Waals surface area (Å²) in [7, 11) is 0. The first-order chi connectivity index (χ1) is 17.1. The van der Waals surface area contributed by atoms with E-state index in [4.69, 9.17) is 9.47 Å². The van der Waals surface area contributed by atoms with Crippen LogP contribution >= 0.6 is 0 Å². The molecule has 3 nitrogen and oxygen atoms in total. The van der Waals surface area contributed by atoms with Crippen molar-refractivity contribution in [3.63, 3.8) is 0 Å². The monoisotopic (exact) mass is 476 g/mol. The Morgan fingerprint density at radius 1 is 0.771 bits per heavy atom. The van der Waals surface area contributed by atoms with Gasteiger partial charge in [0.15, 0.2) is 11.6 Å². The summed E-state index contributed by atoms with van der Waals surface area (Å²) >= 11 is 0. The predicted molar refractivity (Wildman–Crippen MR) is 134 cm³/mol. The zero-order valence-electron chi connectivity index (χ0n) is 20.0. The summed E-state index contributed by atoms with van der Waals surface area (Å²) < 4.78 is 37.7. The summed E-state index contributed by atoms with van der Waals surface area (Å²) in [6, 6.07) is 17.5. The standard InChI is InChI=1S/C30H30F2O3/c1-2-3-4-5-6-7-8-22-34-26-20-16-24(17-21-26)13-12-23-14-18-25(19-15-23)30(33)35-28-11-9-10-27(31)29(28)32/h9-11,14-21H,2-8,22H2,1H3. The van der Waals surface area contributed by atoms with Gasteiger partial charge >= 0.3 is 5.97 Å². The maximum atomic E-state index is 13.7. The third-order valence-corrected chi connectivity index (χ3v) is 5.46. The summed E-state index contributed by atoms with van der Waals surface area (Å²) in [5.41, 5.74) is 1.76. The lowest BCUT2D eigenvalue weighted by molar-refractivity contribution is 0.0726. The van der Waals surface area contributed by atoms with Crippen molar-refractivity contribution < 1.29 is 23.0 Å². The largest absolute Gasteiger partial charge is 0.494 e. The highest BCUT2D eigenvalue weighted by molar-refractivity contribution is 5.91. The number of carbonyl (C=O) groups is 1.